The van der Waals surface area contributed by atoms with Gasteiger partial charge in [-0.25, -0.2) is 0 Å². The molecule has 2 nitrogen and oxygen atoms in total. The van der Waals surface area contributed by atoms with Gasteiger partial charge in [-0.2, -0.15) is 0 Å². The van der Waals surface area contributed by atoms with E-state index in [1.165, 1.54) is 38.5 Å². The second-order valence-electron chi connectivity index (χ2n) is 6.22. The minimum absolute atomic E-state index is 0.740. The molecule has 0 N–H and O–H groups in total. The van der Waals surface area contributed by atoms with E-state index in [-0.39, 0.29) is 0 Å². The number of methoxy groups -OCH3 is 1. The molecule has 120 valence electrons. The number of rotatable bonds is 4. The number of para-hydroxylation sites is 1. The fourth-order valence-corrected chi connectivity index (χ4v) is 3.55. The van der Waals surface area contributed by atoms with E-state index in [4.69, 9.17) is 4.74 Å². The SMILES string of the molecule is COCCc1cc(-c2ccccc2)c2c3ccccc3n(C)c2c1. The summed E-state index contributed by atoms with van der Waals surface area (Å²) in [7, 11) is 3.91. The molecule has 4 rings (SSSR count). The van der Waals surface area contributed by atoms with Crippen molar-refractivity contribution in [1.29, 1.82) is 0 Å². The van der Waals surface area contributed by atoms with Gasteiger partial charge in [0.1, 0.15) is 0 Å². The first-order chi connectivity index (χ1) is 11.8. The third-order valence-electron chi connectivity index (χ3n) is 4.75. The number of hydrogen-bond acceptors (Lipinski definition) is 1. The average molecular weight is 315 g/mol. The Morgan fingerprint density at radius 3 is 2.42 bits per heavy atom. The maximum Gasteiger partial charge on any atom is 0.0502 e. The van der Waals surface area contributed by atoms with Gasteiger partial charge in [-0.3, -0.25) is 0 Å². The molecule has 1 aromatic heterocycles. The molecule has 0 aliphatic rings. The molecule has 0 fully saturated rings. The van der Waals surface area contributed by atoms with Crippen molar-refractivity contribution in [2.24, 2.45) is 7.05 Å². The summed E-state index contributed by atoms with van der Waals surface area (Å²) in [6.07, 6.45) is 0.924. The molecular weight excluding hydrogens is 294 g/mol. The summed E-state index contributed by atoms with van der Waals surface area (Å²) in [4.78, 5) is 0. The first-order valence-electron chi connectivity index (χ1n) is 8.34. The predicted octanol–water partition coefficient (Wildman–Crippen LogP) is 5.19. The van der Waals surface area contributed by atoms with Crippen LogP contribution < -0.4 is 0 Å². The molecule has 4 aromatic rings. The Hall–Kier alpha value is -2.58. The molecule has 0 atom stereocenters. The monoisotopic (exact) mass is 315 g/mol. The zero-order valence-electron chi connectivity index (χ0n) is 14.1. The van der Waals surface area contributed by atoms with Crippen LogP contribution in [-0.2, 0) is 18.2 Å². The van der Waals surface area contributed by atoms with E-state index < -0.39 is 0 Å². The number of hydrogen-bond donors (Lipinski definition) is 0. The summed E-state index contributed by atoms with van der Waals surface area (Å²) in [6, 6.07) is 23.9. The molecule has 0 unspecified atom stereocenters. The third-order valence-corrected chi connectivity index (χ3v) is 4.75. The smallest absolute Gasteiger partial charge is 0.0502 e. The van der Waals surface area contributed by atoms with Crippen molar-refractivity contribution in [1.82, 2.24) is 4.57 Å². The Kier molecular flexibility index (Phi) is 3.83. The van der Waals surface area contributed by atoms with Crippen molar-refractivity contribution in [3.8, 4) is 11.1 Å². The second-order valence-corrected chi connectivity index (χ2v) is 6.22. The minimum atomic E-state index is 0.740. The molecule has 2 heteroatoms. The van der Waals surface area contributed by atoms with Gasteiger partial charge in [-0.1, -0.05) is 54.6 Å². The highest BCUT2D eigenvalue weighted by atomic mass is 16.5. The van der Waals surface area contributed by atoms with Gasteiger partial charge in [0.15, 0.2) is 0 Å². The van der Waals surface area contributed by atoms with Gasteiger partial charge >= 0.3 is 0 Å². The number of fused-ring (bicyclic) bond motifs is 3. The van der Waals surface area contributed by atoms with Gasteiger partial charge in [0.25, 0.3) is 0 Å². The highest BCUT2D eigenvalue weighted by Crippen LogP contribution is 2.37. The van der Waals surface area contributed by atoms with Gasteiger partial charge in [0, 0.05) is 36.0 Å². The lowest BCUT2D eigenvalue weighted by atomic mass is 9.96. The Morgan fingerprint density at radius 1 is 0.875 bits per heavy atom. The van der Waals surface area contributed by atoms with Crippen molar-refractivity contribution in [2.75, 3.05) is 13.7 Å². The Labute approximate surface area is 142 Å². The summed E-state index contributed by atoms with van der Waals surface area (Å²) in [5.41, 5.74) is 6.43. The molecule has 1 heterocycles. The number of aryl methyl sites for hydroxylation is 1. The number of nitrogens with zero attached hydrogens (tertiary/aromatic N) is 1. The average Bonchev–Trinajstić information content (AvgIpc) is 2.93. The Bertz CT molecular complexity index is 999. The first-order valence-corrected chi connectivity index (χ1v) is 8.34. The van der Waals surface area contributed by atoms with E-state index in [0.29, 0.717) is 0 Å². The second kappa shape index (κ2) is 6.14. The molecule has 0 radical (unpaired) electrons. The predicted molar refractivity (Wildman–Crippen MR) is 101 cm³/mol. The van der Waals surface area contributed by atoms with Crippen LogP contribution in [0.2, 0.25) is 0 Å². The first kappa shape index (κ1) is 15.0. The van der Waals surface area contributed by atoms with Crippen LogP contribution in [0.1, 0.15) is 5.56 Å². The molecule has 0 aliphatic carbocycles. The van der Waals surface area contributed by atoms with E-state index >= 15 is 0 Å². The molecule has 3 aromatic carbocycles. The molecular formula is C22H21NO. The summed E-state index contributed by atoms with van der Waals surface area (Å²) in [6.45, 7) is 0.740. The lowest BCUT2D eigenvalue weighted by molar-refractivity contribution is 0.202. The normalized spacial score (nSPS) is 11.4. The summed E-state index contributed by atoms with van der Waals surface area (Å²) >= 11 is 0. The van der Waals surface area contributed by atoms with Crippen LogP contribution >= 0.6 is 0 Å². The van der Waals surface area contributed by atoms with Gasteiger partial charge in [-0.15, -0.1) is 0 Å². The van der Waals surface area contributed by atoms with Gasteiger partial charge < -0.3 is 9.30 Å². The zero-order valence-corrected chi connectivity index (χ0v) is 14.1. The van der Waals surface area contributed by atoms with E-state index in [0.717, 1.165) is 13.0 Å². The van der Waals surface area contributed by atoms with Crippen LogP contribution in [0, 0.1) is 0 Å². The summed E-state index contributed by atoms with van der Waals surface area (Å²) < 4.78 is 7.58. The maximum atomic E-state index is 5.29. The zero-order chi connectivity index (χ0) is 16.5. The van der Waals surface area contributed by atoms with Crippen LogP contribution in [0.15, 0.2) is 66.7 Å². The highest BCUT2D eigenvalue weighted by Gasteiger charge is 2.14. The van der Waals surface area contributed by atoms with Gasteiger partial charge in [0.05, 0.1) is 6.61 Å². The molecule has 0 aliphatic heterocycles. The fourth-order valence-electron chi connectivity index (χ4n) is 3.55. The molecule has 0 saturated carbocycles. The molecule has 0 amide bonds. The lowest BCUT2D eigenvalue weighted by Crippen LogP contribution is -1.96. The molecule has 0 spiro atoms. The van der Waals surface area contributed by atoms with E-state index in [1.54, 1.807) is 7.11 Å². The number of benzene rings is 3. The molecule has 0 saturated heterocycles. The fraction of sp³-hybridized carbons (Fsp3) is 0.182. The van der Waals surface area contributed by atoms with Crippen LogP contribution in [0.5, 0.6) is 0 Å². The van der Waals surface area contributed by atoms with E-state index in [2.05, 4.69) is 78.3 Å². The van der Waals surface area contributed by atoms with Gasteiger partial charge in [0.2, 0.25) is 0 Å². The number of aromatic nitrogens is 1. The largest absolute Gasteiger partial charge is 0.384 e. The molecule has 24 heavy (non-hydrogen) atoms. The van der Waals surface area contributed by atoms with Crippen LogP contribution in [-0.4, -0.2) is 18.3 Å². The van der Waals surface area contributed by atoms with E-state index in [1.807, 2.05) is 0 Å². The summed E-state index contributed by atoms with van der Waals surface area (Å²) in [5, 5.41) is 2.65. The Balaban J connectivity index is 2.08. The minimum Gasteiger partial charge on any atom is -0.384 e. The van der Waals surface area contributed by atoms with Crippen LogP contribution in [0.25, 0.3) is 32.9 Å². The van der Waals surface area contributed by atoms with Gasteiger partial charge in [-0.05, 0) is 35.2 Å². The van der Waals surface area contributed by atoms with Crippen molar-refractivity contribution >= 4 is 21.8 Å². The quantitative estimate of drug-likeness (QED) is 0.505. The third kappa shape index (κ3) is 2.40. The van der Waals surface area contributed by atoms with Crippen molar-refractivity contribution < 1.29 is 4.74 Å². The van der Waals surface area contributed by atoms with Crippen molar-refractivity contribution in [3.63, 3.8) is 0 Å². The summed E-state index contributed by atoms with van der Waals surface area (Å²) in [5.74, 6) is 0. The Morgan fingerprint density at radius 2 is 1.62 bits per heavy atom. The van der Waals surface area contributed by atoms with Crippen LogP contribution in [0.4, 0.5) is 0 Å². The number of ether oxygens (including phenoxy) is 1. The molecule has 0 bridgehead atoms. The lowest BCUT2D eigenvalue weighted by Gasteiger charge is -2.10. The van der Waals surface area contributed by atoms with E-state index in [9.17, 15) is 0 Å². The van der Waals surface area contributed by atoms with Crippen molar-refractivity contribution in [3.05, 3.63) is 72.3 Å². The van der Waals surface area contributed by atoms with Crippen molar-refractivity contribution in [2.45, 2.75) is 6.42 Å². The maximum absolute atomic E-state index is 5.29. The topological polar surface area (TPSA) is 14.2 Å². The van der Waals surface area contributed by atoms with Crippen LogP contribution in [0.3, 0.4) is 0 Å². The standard InChI is InChI=1S/C22H21NO/c1-23-20-11-7-6-10-18(20)22-19(17-8-4-3-5-9-17)14-16(12-13-24-2)15-21(22)23/h3-11,14-15H,12-13H2,1-2H3. The highest BCUT2D eigenvalue weighted by molar-refractivity contribution is 6.15.